The number of thioether (sulfide) groups is 1. The molecule has 9 nitrogen and oxygen atoms in total. The van der Waals surface area contributed by atoms with Crippen LogP contribution < -0.4 is 10.2 Å². The number of allylic oxidation sites excluding steroid dienone is 2. The van der Waals surface area contributed by atoms with Gasteiger partial charge in [-0.2, -0.15) is 13.2 Å². The van der Waals surface area contributed by atoms with Crippen LogP contribution in [0.4, 0.5) is 13.2 Å². The molecule has 0 spiro atoms. The quantitative estimate of drug-likeness (QED) is 0.0526. The number of ketones is 1. The van der Waals surface area contributed by atoms with Crippen LogP contribution in [0.1, 0.15) is 70.6 Å². The molecule has 2 aromatic heterocycles. The normalized spacial score (nSPS) is 13.4. The second-order valence-corrected chi connectivity index (χ2v) is 11.7. The Labute approximate surface area is 271 Å². The Bertz CT molecular complexity index is 1870. The highest BCUT2D eigenvalue weighted by Crippen LogP contribution is 2.38. The van der Waals surface area contributed by atoms with Crippen LogP contribution in [-0.4, -0.2) is 38.9 Å². The molecule has 0 amide bonds. The second kappa shape index (κ2) is 15.2. The number of fused-ring (bicyclic) bond motifs is 1. The number of benzene rings is 2. The monoisotopic (exact) mass is 672 g/mol. The fourth-order valence-corrected chi connectivity index (χ4v) is 5.73. The van der Waals surface area contributed by atoms with Crippen LogP contribution in [0, 0.1) is 0 Å². The summed E-state index contributed by atoms with van der Waals surface area (Å²) in [7, 11) is 0. The lowest BCUT2D eigenvalue weighted by molar-refractivity contribution is -0.153. The number of carbonyl (C=O) groups is 2. The van der Waals surface area contributed by atoms with Crippen LogP contribution in [0.2, 0.25) is 0 Å². The maximum atomic E-state index is 13.2. The third-order valence-corrected chi connectivity index (χ3v) is 8.16. The number of carbonyl (C=O) groups excluding carboxylic acids is 1. The molecule has 248 valence electrons. The summed E-state index contributed by atoms with van der Waals surface area (Å²) in [5, 5.41) is 30.1. The first kappa shape index (κ1) is 35.1. The average Bonchev–Trinajstić information content (AvgIpc) is 3.52. The lowest BCUT2D eigenvalue weighted by atomic mass is 10.0. The first-order valence-electron chi connectivity index (χ1n) is 14.4. The van der Waals surface area contributed by atoms with E-state index >= 15 is 0 Å². The van der Waals surface area contributed by atoms with Gasteiger partial charge in [0.05, 0.1) is 35.2 Å². The minimum absolute atomic E-state index is 0.00831. The summed E-state index contributed by atoms with van der Waals surface area (Å²) in [6, 6.07) is 9.13. The van der Waals surface area contributed by atoms with Crippen LogP contribution >= 0.6 is 11.8 Å². The fourth-order valence-electron chi connectivity index (χ4n) is 4.64. The molecule has 0 unspecified atom stereocenters. The summed E-state index contributed by atoms with van der Waals surface area (Å²) >= 11 is 1.04. The van der Waals surface area contributed by atoms with Gasteiger partial charge in [0.15, 0.2) is 11.2 Å². The largest absolute Gasteiger partial charge is 0.507 e. The molecule has 47 heavy (non-hydrogen) atoms. The maximum absolute atomic E-state index is 13.2. The molecule has 2 heterocycles. The number of furan rings is 1. The van der Waals surface area contributed by atoms with Gasteiger partial charge in [0.1, 0.15) is 17.1 Å². The molecule has 4 rings (SSSR count). The van der Waals surface area contributed by atoms with Gasteiger partial charge in [-0.1, -0.05) is 37.6 Å². The van der Waals surface area contributed by atoms with Crippen molar-refractivity contribution in [3.8, 4) is 11.5 Å². The van der Waals surface area contributed by atoms with Crippen molar-refractivity contribution < 1.29 is 51.7 Å². The Morgan fingerprint density at radius 1 is 1.11 bits per heavy atom. The number of carboxylic acid groups (broad SMARTS) is 1. The summed E-state index contributed by atoms with van der Waals surface area (Å²) < 4.78 is 55.3. The molecule has 0 saturated carbocycles. The summed E-state index contributed by atoms with van der Waals surface area (Å²) in [5.41, 5.74) is 0.0994. The smallest absolute Gasteiger partial charge is 0.449 e. The van der Waals surface area contributed by atoms with Gasteiger partial charge in [-0.15, -0.1) is 11.8 Å². The van der Waals surface area contributed by atoms with E-state index in [0.29, 0.717) is 35.1 Å². The van der Waals surface area contributed by atoms with Gasteiger partial charge in [0, 0.05) is 22.1 Å². The van der Waals surface area contributed by atoms with Crippen LogP contribution in [0.3, 0.4) is 0 Å². The Morgan fingerprint density at radius 3 is 2.53 bits per heavy atom. The van der Waals surface area contributed by atoms with Gasteiger partial charge in [-0.05, 0) is 56.2 Å². The molecule has 13 heteroatoms. The minimum Gasteiger partial charge on any atom is -0.507 e. The number of hydrogen-bond donors (Lipinski definition) is 3. The molecule has 0 saturated heterocycles. The SMILES string of the molecule is CCCc1c(OCC/C=C\C=C\[C@H](Sc2ccc3c(=O)cc(C(=O)O)oc3c2)[C@H](O)c2coc(C(F)(F)F)c2)ccc(C(C)=O)c1O. The molecule has 2 aromatic carbocycles. The van der Waals surface area contributed by atoms with Crippen molar-refractivity contribution in [2.75, 3.05) is 6.61 Å². The van der Waals surface area contributed by atoms with Crippen molar-refractivity contribution in [3.05, 3.63) is 111 Å². The first-order valence-corrected chi connectivity index (χ1v) is 15.3. The van der Waals surface area contributed by atoms with Crippen molar-refractivity contribution in [2.24, 2.45) is 0 Å². The predicted octanol–water partition coefficient (Wildman–Crippen LogP) is 7.74. The lowest BCUT2D eigenvalue weighted by Gasteiger charge is -2.18. The van der Waals surface area contributed by atoms with E-state index in [-0.39, 0.29) is 40.2 Å². The maximum Gasteiger partial charge on any atom is 0.449 e. The summed E-state index contributed by atoms with van der Waals surface area (Å²) in [6.45, 7) is 3.56. The number of rotatable bonds is 14. The van der Waals surface area contributed by atoms with E-state index in [1.807, 2.05) is 6.92 Å². The number of aliphatic hydroxyl groups is 1. The number of Topliss-reactive ketones (excluding diaryl/α,β-unsaturated/α-hetero) is 1. The number of alkyl halides is 3. The van der Waals surface area contributed by atoms with Crippen molar-refractivity contribution in [1.82, 2.24) is 0 Å². The van der Waals surface area contributed by atoms with Gasteiger partial charge in [0.2, 0.25) is 11.5 Å². The Kier molecular flexibility index (Phi) is 11.4. The Hall–Kier alpha value is -4.75. The van der Waals surface area contributed by atoms with Gasteiger partial charge in [0.25, 0.3) is 0 Å². The van der Waals surface area contributed by atoms with E-state index in [4.69, 9.17) is 9.15 Å². The third-order valence-electron chi connectivity index (χ3n) is 6.94. The van der Waals surface area contributed by atoms with E-state index in [1.54, 1.807) is 36.4 Å². The molecule has 3 N–H and O–H groups in total. The summed E-state index contributed by atoms with van der Waals surface area (Å²) in [6.07, 6.45) is 2.93. The molecule has 0 fully saturated rings. The van der Waals surface area contributed by atoms with E-state index < -0.39 is 40.4 Å². The van der Waals surface area contributed by atoms with Crippen molar-refractivity contribution in [2.45, 2.75) is 55.5 Å². The van der Waals surface area contributed by atoms with Crippen LogP contribution in [0.15, 0.2) is 91.6 Å². The van der Waals surface area contributed by atoms with Crippen molar-refractivity contribution in [3.63, 3.8) is 0 Å². The minimum atomic E-state index is -4.75. The Morgan fingerprint density at radius 2 is 1.87 bits per heavy atom. The highest BCUT2D eigenvalue weighted by Gasteiger charge is 2.36. The number of ether oxygens (including phenoxy) is 1. The standard InChI is InChI=1S/C34H31F3O9S/c1-3-8-24-26(13-12-22(19(2)38)32(24)41)44-14-7-5-4-6-9-29(31(40)20-15-30(45-18-20)34(35,36)37)47-21-10-11-23-25(39)17-28(33(42)43)46-27(23)16-21/h4-6,9-13,15-18,29,31,40-41H,3,7-8,14H2,1-2H3,(H,42,43)/b5-4-,9-6+/t29-,31+/m0/s1. The van der Waals surface area contributed by atoms with E-state index in [1.165, 1.54) is 25.1 Å². The number of phenolic OH excluding ortho intramolecular Hbond substituents is 1. The molecule has 0 radical (unpaired) electrons. The molecule has 0 aliphatic carbocycles. The van der Waals surface area contributed by atoms with Gasteiger partial charge in [-0.25, -0.2) is 4.79 Å². The topological polar surface area (TPSA) is 147 Å². The van der Waals surface area contributed by atoms with E-state index in [2.05, 4.69) is 4.42 Å². The van der Waals surface area contributed by atoms with Crippen LogP contribution in [0.25, 0.3) is 11.0 Å². The van der Waals surface area contributed by atoms with Gasteiger partial charge >= 0.3 is 12.1 Å². The number of halogens is 3. The fraction of sp³-hybridized carbons (Fsp3) is 0.265. The van der Waals surface area contributed by atoms with Gasteiger partial charge in [-0.3, -0.25) is 9.59 Å². The van der Waals surface area contributed by atoms with Crippen molar-refractivity contribution >= 4 is 34.5 Å². The first-order chi connectivity index (χ1) is 22.3. The van der Waals surface area contributed by atoms with Crippen LogP contribution in [-0.2, 0) is 12.6 Å². The van der Waals surface area contributed by atoms with E-state index in [0.717, 1.165) is 30.5 Å². The number of aromatic hydroxyl groups is 1. The molecular weight excluding hydrogens is 641 g/mol. The summed E-state index contributed by atoms with van der Waals surface area (Å²) in [5.74, 6) is -3.12. The molecule has 2 atom stereocenters. The van der Waals surface area contributed by atoms with Crippen LogP contribution in [0.5, 0.6) is 11.5 Å². The molecule has 0 aliphatic rings. The summed E-state index contributed by atoms with van der Waals surface area (Å²) in [4.78, 5) is 35.9. The number of phenols is 1. The number of aromatic carboxylic acids is 1. The van der Waals surface area contributed by atoms with Gasteiger partial charge < -0.3 is 28.9 Å². The van der Waals surface area contributed by atoms with Crippen molar-refractivity contribution in [1.29, 1.82) is 0 Å². The second-order valence-electron chi connectivity index (χ2n) is 10.4. The third kappa shape index (κ3) is 8.74. The molecule has 0 aliphatic heterocycles. The zero-order valence-corrected chi connectivity index (χ0v) is 26.1. The number of aliphatic hydroxyl groups excluding tert-OH is 1. The molecular formula is C34H31F3O9S. The molecule has 4 aromatic rings. The lowest BCUT2D eigenvalue weighted by Crippen LogP contribution is -2.12. The molecule has 0 bridgehead atoms. The Balaban J connectivity index is 1.51. The zero-order chi connectivity index (χ0) is 34.3. The zero-order valence-electron chi connectivity index (χ0n) is 25.2. The van der Waals surface area contributed by atoms with E-state index in [9.17, 15) is 42.9 Å². The highest BCUT2D eigenvalue weighted by atomic mass is 32.2. The highest BCUT2D eigenvalue weighted by molar-refractivity contribution is 8.00. The average molecular weight is 673 g/mol. The number of carboxylic acids is 1. The number of hydrogen-bond acceptors (Lipinski definition) is 9. The predicted molar refractivity (Wildman–Crippen MR) is 168 cm³/mol.